The van der Waals surface area contributed by atoms with Gasteiger partial charge in [0.15, 0.2) is 11.6 Å². The highest BCUT2D eigenvalue weighted by Gasteiger charge is 2.13. The largest absolute Gasteiger partial charge is 0.492 e. The molecule has 0 saturated carbocycles. The van der Waals surface area contributed by atoms with Gasteiger partial charge < -0.3 is 14.8 Å². The third-order valence-electron chi connectivity index (χ3n) is 3.29. The first-order chi connectivity index (χ1) is 12.2. The molecular weight excluding hydrogens is 342 g/mol. The van der Waals surface area contributed by atoms with Gasteiger partial charge in [-0.2, -0.15) is 0 Å². The van der Waals surface area contributed by atoms with E-state index >= 15 is 0 Å². The highest BCUT2D eigenvalue weighted by atomic mass is 32.1. The zero-order chi connectivity index (χ0) is 17.6. The van der Waals surface area contributed by atoms with Crippen LogP contribution in [-0.4, -0.2) is 34.5 Å². The molecule has 8 heteroatoms. The van der Waals surface area contributed by atoms with Gasteiger partial charge in [-0.1, -0.05) is 12.1 Å². The van der Waals surface area contributed by atoms with Crippen LogP contribution in [0, 0.1) is 0 Å². The van der Waals surface area contributed by atoms with Gasteiger partial charge in [-0.05, 0) is 19.1 Å². The maximum Gasteiger partial charge on any atom is 0.312 e. The molecule has 2 heterocycles. The summed E-state index contributed by atoms with van der Waals surface area (Å²) in [5.41, 5.74) is 1.15. The summed E-state index contributed by atoms with van der Waals surface area (Å²) in [4.78, 5) is 28.9. The summed E-state index contributed by atoms with van der Waals surface area (Å²) in [5.74, 6) is -0.354. The number of carbonyl (C=O) groups is 2. The van der Waals surface area contributed by atoms with Gasteiger partial charge in [-0.3, -0.25) is 14.0 Å². The molecule has 0 saturated heterocycles. The van der Waals surface area contributed by atoms with Crippen LogP contribution in [0.4, 0.5) is 5.69 Å². The van der Waals surface area contributed by atoms with Crippen molar-refractivity contribution < 1.29 is 19.1 Å². The standard InChI is InChI=1S/C17H17N3O4S/c1-2-23-14-6-4-3-5-13(14)19-15(21)11-24-16(22)9-12-10-20-7-8-25-17(20)18-12/h3-8,10H,2,9,11H2,1H3,(H,19,21). The SMILES string of the molecule is CCOc1ccccc1NC(=O)COC(=O)Cc1cn2ccsc2n1. The zero-order valence-corrected chi connectivity index (χ0v) is 14.4. The molecule has 130 valence electrons. The number of amides is 1. The summed E-state index contributed by atoms with van der Waals surface area (Å²) >= 11 is 1.48. The average molecular weight is 359 g/mol. The fourth-order valence-electron chi connectivity index (χ4n) is 2.24. The molecule has 0 aliphatic carbocycles. The Morgan fingerprint density at radius 1 is 1.32 bits per heavy atom. The smallest absolute Gasteiger partial charge is 0.312 e. The molecule has 0 aliphatic rings. The maximum absolute atomic E-state index is 12.0. The van der Waals surface area contributed by atoms with E-state index in [1.807, 2.05) is 29.0 Å². The molecular formula is C17H17N3O4S. The number of nitrogens with zero attached hydrogens (tertiary/aromatic N) is 2. The maximum atomic E-state index is 12.0. The summed E-state index contributed by atoms with van der Waals surface area (Å²) < 4.78 is 12.3. The second kappa shape index (κ2) is 7.80. The van der Waals surface area contributed by atoms with Crippen molar-refractivity contribution in [2.24, 2.45) is 0 Å². The third kappa shape index (κ3) is 4.36. The third-order valence-corrected chi connectivity index (χ3v) is 4.06. The van der Waals surface area contributed by atoms with Crippen molar-refractivity contribution in [1.82, 2.24) is 9.38 Å². The van der Waals surface area contributed by atoms with E-state index in [4.69, 9.17) is 9.47 Å². The van der Waals surface area contributed by atoms with Gasteiger partial charge in [-0.15, -0.1) is 11.3 Å². The number of hydrogen-bond acceptors (Lipinski definition) is 6. The van der Waals surface area contributed by atoms with Crippen molar-refractivity contribution >= 4 is 33.9 Å². The number of nitrogens with one attached hydrogen (secondary N) is 1. The van der Waals surface area contributed by atoms with Crippen LogP contribution in [0.3, 0.4) is 0 Å². The van der Waals surface area contributed by atoms with E-state index in [0.29, 0.717) is 23.7 Å². The van der Waals surface area contributed by atoms with Crippen LogP contribution in [-0.2, 0) is 20.7 Å². The van der Waals surface area contributed by atoms with E-state index in [1.54, 1.807) is 24.4 Å². The molecule has 3 aromatic rings. The summed E-state index contributed by atoms with van der Waals surface area (Å²) in [6.07, 6.45) is 3.66. The molecule has 0 radical (unpaired) electrons. The second-order valence-electron chi connectivity index (χ2n) is 5.14. The van der Waals surface area contributed by atoms with Crippen LogP contribution in [0.25, 0.3) is 4.96 Å². The molecule has 3 rings (SSSR count). The van der Waals surface area contributed by atoms with Gasteiger partial charge >= 0.3 is 5.97 Å². The van der Waals surface area contributed by atoms with Crippen LogP contribution >= 0.6 is 11.3 Å². The van der Waals surface area contributed by atoms with E-state index in [2.05, 4.69) is 10.3 Å². The van der Waals surface area contributed by atoms with Crippen molar-refractivity contribution in [3.63, 3.8) is 0 Å². The average Bonchev–Trinajstić information content (AvgIpc) is 3.16. The van der Waals surface area contributed by atoms with Crippen molar-refractivity contribution in [3.05, 3.63) is 47.7 Å². The van der Waals surface area contributed by atoms with E-state index in [0.717, 1.165) is 4.96 Å². The van der Waals surface area contributed by atoms with E-state index in [-0.39, 0.29) is 13.0 Å². The molecule has 1 N–H and O–H groups in total. The Hall–Kier alpha value is -2.87. The number of aromatic nitrogens is 2. The minimum absolute atomic E-state index is 0.0250. The lowest BCUT2D eigenvalue weighted by Gasteiger charge is -2.11. The molecule has 0 bridgehead atoms. The fourth-order valence-corrected chi connectivity index (χ4v) is 2.96. The Labute approximate surface area is 148 Å². The molecule has 1 aromatic carbocycles. The summed E-state index contributed by atoms with van der Waals surface area (Å²) in [7, 11) is 0. The Bertz CT molecular complexity index is 858. The first-order valence-electron chi connectivity index (χ1n) is 7.74. The molecule has 1 amide bonds. The van der Waals surface area contributed by atoms with Gasteiger partial charge in [0.2, 0.25) is 0 Å². The number of imidazole rings is 1. The van der Waals surface area contributed by atoms with Crippen molar-refractivity contribution in [1.29, 1.82) is 0 Å². The minimum Gasteiger partial charge on any atom is -0.492 e. The first kappa shape index (κ1) is 17.0. The number of esters is 1. The first-order valence-corrected chi connectivity index (χ1v) is 8.62. The molecule has 0 fully saturated rings. The van der Waals surface area contributed by atoms with Crippen molar-refractivity contribution in [2.75, 3.05) is 18.5 Å². The normalized spacial score (nSPS) is 10.6. The minimum atomic E-state index is -0.501. The van der Waals surface area contributed by atoms with Gasteiger partial charge in [0.25, 0.3) is 5.91 Å². The molecule has 0 atom stereocenters. The highest BCUT2D eigenvalue weighted by Crippen LogP contribution is 2.23. The highest BCUT2D eigenvalue weighted by molar-refractivity contribution is 7.15. The lowest BCUT2D eigenvalue weighted by molar-refractivity contribution is -0.146. The monoisotopic (exact) mass is 359 g/mol. The number of rotatable bonds is 7. The summed E-state index contributed by atoms with van der Waals surface area (Å²) in [6, 6.07) is 7.09. The zero-order valence-electron chi connectivity index (χ0n) is 13.6. The second-order valence-corrected chi connectivity index (χ2v) is 6.01. The Morgan fingerprint density at radius 2 is 2.16 bits per heavy atom. The Balaban J connectivity index is 1.50. The number of hydrogen-bond donors (Lipinski definition) is 1. The number of benzene rings is 1. The molecule has 2 aromatic heterocycles. The number of thiazole rings is 1. The molecule has 7 nitrogen and oxygen atoms in total. The van der Waals surface area contributed by atoms with Gasteiger partial charge in [0.05, 0.1) is 24.4 Å². The van der Waals surface area contributed by atoms with E-state index < -0.39 is 11.9 Å². The van der Waals surface area contributed by atoms with Crippen LogP contribution in [0.15, 0.2) is 42.0 Å². The number of para-hydroxylation sites is 2. The Morgan fingerprint density at radius 3 is 2.96 bits per heavy atom. The van der Waals surface area contributed by atoms with Crippen LogP contribution in [0.5, 0.6) is 5.75 Å². The lowest BCUT2D eigenvalue weighted by Crippen LogP contribution is -2.22. The quantitative estimate of drug-likeness (QED) is 0.656. The van der Waals surface area contributed by atoms with Gasteiger partial charge in [0.1, 0.15) is 5.75 Å². The van der Waals surface area contributed by atoms with Crippen molar-refractivity contribution in [2.45, 2.75) is 13.3 Å². The van der Waals surface area contributed by atoms with Crippen LogP contribution in [0.2, 0.25) is 0 Å². The van der Waals surface area contributed by atoms with Gasteiger partial charge in [-0.25, -0.2) is 4.98 Å². The fraction of sp³-hybridized carbons (Fsp3) is 0.235. The number of anilines is 1. The molecule has 0 unspecified atom stereocenters. The summed E-state index contributed by atoms with van der Waals surface area (Å²) in [6.45, 7) is 1.99. The predicted molar refractivity (Wildman–Crippen MR) is 94.0 cm³/mol. The van der Waals surface area contributed by atoms with Crippen LogP contribution in [0.1, 0.15) is 12.6 Å². The van der Waals surface area contributed by atoms with E-state index in [9.17, 15) is 9.59 Å². The van der Waals surface area contributed by atoms with Crippen molar-refractivity contribution in [3.8, 4) is 5.75 Å². The number of ether oxygens (including phenoxy) is 2. The number of fused-ring (bicyclic) bond motifs is 1. The summed E-state index contributed by atoms with van der Waals surface area (Å²) in [5, 5.41) is 4.58. The lowest BCUT2D eigenvalue weighted by atomic mass is 10.3. The Kier molecular flexibility index (Phi) is 5.30. The van der Waals surface area contributed by atoms with Crippen LogP contribution < -0.4 is 10.1 Å². The van der Waals surface area contributed by atoms with E-state index in [1.165, 1.54) is 11.3 Å². The molecule has 0 aliphatic heterocycles. The molecule has 0 spiro atoms. The number of carbonyl (C=O) groups excluding carboxylic acids is 2. The predicted octanol–water partition coefficient (Wildman–Crippen LogP) is 2.52. The van der Waals surface area contributed by atoms with Gasteiger partial charge in [0, 0.05) is 17.8 Å². The topological polar surface area (TPSA) is 81.9 Å². The molecule has 25 heavy (non-hydrogen) atoms.